The van der Waals surface area contributed by atoms with Crippen LogP contribution in [0.25, 0.3) is 0 Å². The maximum Gasteiger partial charge on any atom is 2.00 e. The molecule has 0 aliphatic heterocycles. The van der Waals surface area contributed by atoms with Gasteiger partial charge < -0.3 is 135 Å². The third kappa shape index (κ3) is 4450. The fraction of sp³-hybridized carbons (Fsp3) is 0. The van der Waals surface area contributed by atoms with E-state index >= 15 is 0 Å². The average Bonchev–Trinajstić information content (AvgIpc) is 1.94. The Morgan fingerprint density at radius 2 is 0.278 bits per heavy atom. The molecule has 0 atom stereocenters. The zero-order valence-electron chi connectivity index (χ0n) is 17.2. The van der Waals surface area contributed by atoms with Gasteiger partial charge in [0.15, 0.2) is 0 Å². The van der Waals surface area contributed by atoms with E-state index in [1.165, 1.54) is 0 Å². The molecular formula is H20Mg4O26Si6. The van der Waals surface area contributed by atoms with Gasteiger partial charge in [-0.1, -0.05) is 0 Å². The molecule has 0 radical (unpaired) electrons. The molecule has 20 N–H and O–H groups in total. The summed E-state index contributed by atoms with van der Waals surface area (Å²) in [7, 11) is -29.2. The van der Waals surface area contributed by atoms with Crippen LogP contribution in [0.4, 0.5) is 0 Å². The number of hydrogen-bond acceptors (Lipinski definition) is 26. The van der Waals surface area contributed by atoms with Crippen LogP contribution in [-0.2, 0) is 0 Å². The molecule has 36 heteroatoms. The third-order valence-corrected chi connectivity index (χ3v) is 0. The Hall–Kier alpha value is 3.33. The Kier molecular flexibility index (Phi) is 74.2. The monoisotopic (exact) mass is 700 g/mol. The van der Waals surface area contributed by atoms with Crippen molar-refractivity contribution in [2.45, 2.75) is 0 Å². The van der Waals surface area contributed by atoms with E-state index in [0.717, 1.165) is 0 Å². The van der Waals surface area contributed by atoms with E-state index in [9.17, 15) is 0 Å². The molecule has 0 saturated carbocycles. The van der Waals surface area contributed by atoms with Crippen LogP contribution in [0.3, 0.4) is 0 Å². The molecule has 0 spiro atoms. The maximum absolute atomic E-state index is 8.80. The minimum absolute atomic E-state index is 0. The van der Waals surface area contributed by atoms with Gasteiger partial charge in [-0.15, -0.1) is 0 Å². The van der Waals surface area contributed by atoms with Crippen LogP contribution in [0.1, 0.15) is 0 Å². The van der Waals surface area contributed by atoms with Crippen molar-refractivity contribution in [2.24, 2.45) is 0 Å². The van der Waals surface area contributed by atoms with Crippen molar-refractivity contribution in [3.05, 3.63) is 0 Å². The summed E-state index contributed by atoms with van der Waals surface area (Å²) in [6.07, 6.45) is 0. The van der Waals surface area contributed by atoms with Crippen molar-refractivity contribution in [2.75, 3.05) is 0 Å². The Balaban J connectivity index is -0.0000000186. The van der Waals surface area contributed by atoms with Gasteiger partial charge in [-0.2, -0.15) is 0 Å². The predicted octanol–water partition coefficient (Wildman–Crippen LogP) is -21.3. The van der Waals surface area contributed by atoms with Gasteiger partial charge in [0.25, 0.3) is 0 Å². The summed E-state index contributed by atoms with van der Waals surface area (Å²) in [6.45, 7) is 0. The Labute approximate surface area is 270 Å². The standard InChI is InChI=1S/4Mg.4H4O4Si.H2O4Si.O4Si.2H2O/c;;;;6*1-5(2,3)4;;/h;;;;4*1-4H;1-2H;;2*1H2/q4*+2;;;;;-2;-4;;/p-2. The molecule has 26 nitrogen and oxygen atoms in total. The first kappa shape index (κ1) is 77.4. The Bertz CT molecular complexity index is 227. The molecule has 208 valence electrons. The van der Waals surface area contributed by atoms with Crippen LogP contribution >= 0.6 is 0 Å². The van der Waals surface area contributed by atoms with Crippen molar-refractivity contribution in [1.82, 2.24) is 0 Å². The van der Waals surface area contributed by atoms with E-state index in [0.29, 0.717) is 0 Å². The molecule has 0 aliphatic carbocycles. The molecule has 0 bridgehead atoms. The van der Waals surface area contributed by atoms with Crippen LogP contribution in [0.2, 0.25) is 0 Å². The molecule has 0 rings (SSSR count). The molecule has 36 heavy (non-hydrogen) atoms. The molecule has 0 aromatic rings. The van der Waals surface area contributed by atoms with Gasteiger partial charge in [-0.25, -0.2) is 0 Å². The Morgan fingerprint density at radius 1 is 0.278 bits per heavy atom. The van der Waals surface area contributed by atoms with E-state index < -0.39 is 54.3 Å². The summed E-state index contributed by atoms with van der Waals surface area (Å²) in [6, 6.07) is 0. The van der Waals surface area contributed by atoms with E-state index in [-0.39, 0.29) is 103 Å². The minimum atomic E-state index is -5.61. The summed E-state index contributed by atoms with van der Waals surface area (Å²) >= 11 is 0. The van der Waals surface area contributed by atoms with Gasteiger partial charge in [0.05, 0.1) is 0 Å². The van der Waals surface area contributed by atoms with Gasteiger partial charge in [0, 0.05) is 0 Å². The van der Waals surface area contributed by atoms with E-state index in [1.807, 2.05) is 0 Å². The summed E-state index contributed by atoms with van der Waals surface area (Å²) < 4.78 is 0. The van der Waals surface area contributed by atoms with Gasteiger partial charge in [-0.3, -0.25) is 0 Å². The molecular weight excluding hydrogens is 682 g/mol. The second kappa shape index (κ2) is 34.5. The van der Waals surface area contributed by atoms with Crippen molar-refractivity contribution in [3.63, 3.8) is 0 Å². The van der Waals surface area contributed by atoms with Crippen LogP contribution in [0.15, 0.2) is 0 Å². The van der Waals surface area contributed by atoms with Crippen LogP contribution in [-0.4, -0.2) is 244 Å². The first-order valence-corrected chi connectivity index (χ1v) is 15.7. The van der Waals surface area contributed by atoms with Crippen molar-refractivity contribution in [1.29, 1.82) is 0 Å². The predicted molar refractivity (Wildman–Crippen MR) is 101 cm³/mol. The molecule has 0 aromatic heterocycles. The second-order valence-electron chi connectivity index (χ2n) is 3.45. The maximum atomic E-state index is 8.80. The number of rotatable bonds is 0. The first-order valence-electron chi connectivity index (χ1n) is 5.25. The van der Waals surface area contributed by atoms with Gasteiger partial charge in [0.1, 0.15) is 9.05 Å². The largest absolute Gasteiger partial charge is 2.00 e. The summed E-state index contributed by atoms with van der Waals surface area (Å²) in [5.41, 5.74) is 0. The van der Waals surface area contributed by atoms with Crippen LogP contribution in [0.5, 0.6) is 0 Å². The van der Waals surface area contributed by atoms with Crippen molar-refractivity contribution < 1.29 is 126 Å². The molecule has 0 fully saturated rings. The van der Waals surface area contributed by atoms with Crippen molar-refractivity contribution >= 4 is 146 Å². The van der Waals surface area contributed by atoms with Crippen LogP contribution in [0, 0.1) is 0 Å². The molecule has 0 amide bonds. The molecule has 0 unspecified atom stereocenters. The van der Waals surface area contributed by atoms with Crippen LogP contribution < -0.4 is 28.8 Å². The van der Waals surface area contributed by atoms with Gasteiger partial charge in [-0.05, 0) is 0 Å². The smallest absolute Gasteiger partial charge is 0.894 e. The summed E-state index contributed by atoms with van der Waals surface area (Å²) in [5, 5.41) is 0. The topological polar surface area (TPSA) is 562 Å². The fourth-order valence-electron chi connectivity index (χ4n) is 0. The Morgan fingerprint density at radius 3 is 0.278 bits per heavy atom. The zero-order valence-corrected chi connectivity index (χ0v) is 28.9. The SMILES string of the molecule is O[Si](O)(O)O.O[Si](O)(O)O.O[Si](O)(O)O.O[Si](O)(O)O.[Mg+2].[Mg+2].[Mg+2].[Mg+2].[O-][Si]([O-])(O)O.[O-][Si]([O-])([O-])[O-].[OH-].[OH-]. The quantitative estimate of drug-likeness (QED) is 0.104. The third-order valence-electron chi connectivity index (χ3n) is 0. The zero-order chi connectivity index (χ0) is 27.0. The molecule has 0 aromatic carbocycles. The second-order valence-corrected chi connectivity index (χ2v) is 10.3. The van der Waals surface area contributed by atoms with Gasteiger partial charge >= 0.3 is 128 Å². The normalized spacial score (nSPS) is 10.0. The molecule has 0 heterocycles. The fourth-order valence-corrected chi connectivity index (χ4v) is 0. The van der Waals surface area contributed by atoms with E-state index in [4.69, 9.17) is 115 Å². The number of hydrogen-bond donors (Lipinski definition) is 18. The summed E-state index contributed by atoms with van der Waals surface area (Å²) in [4.78, 5) is 183. The minimum Gasteiger partial charge on any atom is -0.894 e. The van der Waals surface area contributed by atoms with E-state index in [2.05, 4.69) is 0 Å². The van der Waals surface area contributed by atoms with Gasteiger partial charge in [0.2, 0.25) is 0 Å². The van der Waals surface area contributed by atoms with E-state index in [1.54, 1.807) is 0 Å². The molecule has 0 aliphatic rings. The average molecular weight is 702 g/mol. The first-order chi connectivity index (χ1) is 12.0. The van der Waals surface area contributed by atoms with Crippen molar-refractivity contribution in [3.8, 4) is 0 Å². The summed E-state index contributed by atoms with van der Waals surface area (Å²) in [5.74, 6) is 0. The molecule has 0 saturated heterocycles.